The van der Waals surface area contributed by atoms with Gasteiger partial charge in [0.05, 0.1) is 11.8 Å². The second-order valence-corrected chi connectivity index (χ2v) is 6.30. The second kappa shape index (κ2) is 5.90. The van der Waals surface area contributed by atoms with Crippen LogP contribution in [0.1, 0.15) is 30.0 Å². The molecule has 1 aliphatic carbocycles. The molecule has 3 nitrogen and oxygen atoms in total. The summed E-state index contributed by atoms with van der Waals surface area (Å²) in [6.45, 7) is 0. The predicted molar refractivity (Wildman–Crippen MR) is 87.1 cm³/mol. The van der Waals surface area contributed by atoms with E-state index in [1.165, 1.54) is 5.56 Å². The maximum Gasteiger partial charge on any atom is 0.151 e. The van der Waals surface area contributed by atoms with Crippen molar-refractivity contribution in [2.24, 2.45) is 5.92 Å². The summed E-state index contributed by atoms with van der Waals surface area (Å²) in [4.78, 5) is 6.47. The maximum atomic E-state index is 9.90. The third-order valence-electron chi connectivity index (χ3n) is 4.74. The Balaban J connectivity index is 1.83. The van der Waals surface area contributed by atoms with Crippen LogP contribution in [0.4, 0.5) is 0 Å². The number of pyridine rings is 1. The van der Waals surface area contributed by atoms with E-state index in [1.807, 2.05) is 43.3 Å². The fourth-order valence-corrected chi connectivity index (χ4v) is 3.29. The van der Waals surface area contributed by atoms with Crippen LogP contribution in [-0.2, 0) is 5.54 Å². The fraction of sp³-hybridized carbons (Fsp3) is 0.368. The van der Waals surface area contributed by atoms with Gasteiger partial charge < -0.3 is 0 Å². The van der Waals surface area contributed by atoms with Gasteiger partial charge in [-0.3, -0.25) is 9.88 Å². The Bertz CT molecular complexity index is 660. The van der Waals surface area contributed by atoms with Crippen molar-refractivity contribution in [3.05, 3.63) is 66.0 Å². The minimum absolute atomic E-state index is 0.548. The largest absolute Gasteiger partial charge is 0.287 e. The molecule has 0 saturated heterocycles. The van der Waals surface area contributed by atoms with Crippen LogP contribution in [0.2, 0.25) is 0 Å². The van der Waals surface area contributed by atoms with Crippen LogP contribution in [0.5, 0.6) is 0 Å². The van der Waals surface area contributed by atoms with E-state index in [2.05, 4.69) is 35.3 Å². The molecule has 3 unspecified atom stereocenters. The van der Waals surface area contributed by atoms with Gasteiger partial charge in [-0.2, -0.15) is 5.26 Å². The number of rotatable bonds is 5. The number of hydrogen-bond donors (Lipinski definition) is 0. The predicted octanol–water partition coefficient (Wildman–Crippen LogP) is 3.56. The summed E-state index contributed by atoms with van der Waals surface area (Å²) >= 11 is 0. The van der Waals surface area contributed by atoms with Crippen LogP contribution in [0, 0.1) is 17.2 Å². The molecule has 0 radical (unpaired) electrons. The van der Waals surface area contributed by atoms with E-state index in [-0.39, 0.29) is 0 Å². The summed E-state index contributed by atoms with van der Waals surface area (Å²) in [5.41, 5.74) is 1.59. The van der Waals surface area contributed by atoms with Crippen molar-refractivity contribution in [3.63, 3.8) is 0 Å². The lowest BCUT2D eigenvalue weighted by Gasteiger charge is -2.33. The first-order chi connectivity index (χ1) is 10.7. The second-order valence-electron chi connectivity index (χ2n) is 6.30. The quantitative estimate of drug-likeness (QED) is 0.845. The molecule has 1 saturated carbocycles. The summed E-state index contributed by atoms with van der Waals surface area (Å²) in [7, 11) is 3.94. The fourth-order valence-electron chi connectivity index (χ4n) is 3.29. The highest BCUT2D eigenvalue weighted by molar-refractivity contribution is 5.30. The number of nitrogens with zero attached hydrogens (tertiary/aromatic N) is 3. The molecule has 22 heavy (non-hydrogen) atoms. The van der Waals surface area contributed by atoms with Gasteiger partial charge in [0.25, 0.3) is 0 Å². The lowest BCUT2D eigenvalue weighted by molar-refractivity contribution is 0.188. The van der Waals surface area contributed by atoms with Crippen molar-refractivity contribution in [2.75, 3.05) is 14.1 Å². The van der Waals surface area contributed by atoms with E-state index in [4.69, 9.17) is 0 Å². The minimum atomic E-state index is -0.643. The molecule has 1 aromatic carbocycles. The third-order valence-corrected chi connectivity index (χ3v) is 4.74. The summed E-state index contributed by atoms with van der Waals surface area (Å²) in [6.07, 6.45) is 3.76. The van der Waals surface area contributed by atoms with Gasteiger partial charge in [-0.15, -0.1) is 0 Å². The minimum Gasteiger partial charge on any atom is -0.287 e. The zero-order valence-corrected chi connectivity index (χ0v) is 13.1. The molecule has 2 aromatic rings. The van der Waals surface area contributed by atoms with Crippen molar-refractivity contribution in [1.82, 2.24) is 9.88 Å². The molecule has 1 heterocycles. The van der Waals surface area contributed by atoms with Crippen molar-refractivity contribution in [2.45, 2.75) is 24.3 Å². The van der Waals surface area contributed by atoms with E-state index in [0.717, 1.165) is 18.5 Å². The Morgan fingerprint density at radius 1 is 1.18 bits per heavy atom. The number of aromatic nitrogens is 1. The first kappa shape index (κ1) is 14.7. The highest BCUT2D eigenvalue weighted by atomic mass is 15.2. The lowest BCUT2D eigenvalue weighted by atomic mass is 9.87. The third kappa shape index (κ3) is 2.63. The number of nitriles is 1. The molecular formula is C19H21N3. The molecule has 3 rings (SSSR count). The van der Waals surface area contributed by atoms with Gasteiger partial charge in [-0.1, -0.05) is 36.4 Å². The molecule has 1 aliphatic rings. The Labute approximate surface area is 132 Å². The van der Waals surface area contributed by atoms with Crippen LogP contribution in [0.25, 0.3) is 0 Å². The van der Waals surface area contributed by atoms with E-state index in [1.54, 1.807) is 6.20 Å². The Morgan fingerprint density at radius 3 is 2.50 bits per heavy atom. The highest BCUT2D eigenvalue weighted by Gasteiger charge is 2.47. The average molecular weight is 291 g/mol. The monoisotopic (exact) mass is 291 g/mol. The van der Waals surface area contributed by atoms with Gasteiger partial charge >= 0.3 is 0 Å². The van der Waals surface area contributed by atoms with Crippen LogP contribution in [0.15, 0.2) is 54.7 Å². The van der Waals surface area contributed by atoms with Gasteiger partial charge in [0.15, 0.2) is 5.54 Å². The number of hydrogen-bond acceptors (Lipinski definition) is 3. The van der Waals surface area contributed by atoms with Gasteiger partial charge in [-0.25, -0.2) is 0 Å². The molecule has 3 atom stereocenters. The SMILES string of the molecule is CN(C)C(C#N)(CC1CC1c1ccccc1)c1ccccn1. The highest BCUT2D eigenvalue weighted by Crippen LogP contribution is 2.53. The first-order valence-electron chi connectivity index (χ1n) is 7.72. The van der Waals surface area contributed by atoms with E-state index >= 15 is 0 Å². The Morgan fingerprint density at radius 2 is 1.91 bits per heavy atom. The molecular weight excluding hydrogens is 270 g/mol. The van der Waals surface area contributed by atoms with Crippen molar-refractivity contribution in [1.29, 1.82) is 5.26 Å². The molecule has 1 aromatic heterocycles. The van der Waals surface area contributed by atoms with Gasteiger partial charge in [0.1, 0.15) is 0 Å². The van der Waals surface area contributed by atoms with Crippen LogP contribution in [-0.4, -0.2) is 24.0 Å². The zero-order valence-electron chi connectivity index (χ0n) is 13.1. The molecule has 1 fully saturated rings. The molecule has 0 amide bonds. The van der Waals surface area contributed by atoms with Crippen molar-refractivity contribution in [3.8, 4) is 6.07 Å². The number of benzene rings is 1. The van der Waals surface area contributed by atoms with Crippen LogP contribution in [0.3, 0.4) is 0 Å². The summed E-state index contributed by atoms with van der Waals surface area (Å²) < 4.78 is 0. The normalized spacial score (nSPS) is 22.8. The topological polar surface area (TPSA) is 39.9 Å². The Hall–Kier alpha value is -2.18. The zero-order chi connectivity index (χ0) is 15.6. The first-order valence-corrected chi connectivity index (χ1v) is 7.72. The Kier molecular flexibility index (Phi) is 3.96. The van der Waals surface area contributed by atoms with Gasteiger partial charge in [-0.05, 0) is 56.5 Å². The lowest BCUT2D eigenvalue weighted by Crippen LogP contribution is -2.41. The molecule has 0 bridgehead atoms. The molecule has 0 aliphatic heterocycles. The van der Waals surface area contributed by atoms with E-state index < -0.39 is 5.54 Å². The van der Waals surface area contributed by atoms with Crippen LogP contribution >= 0.6 is 0 Å². The standard InChI is InChI=1S/C19H21N3/c1-22(2)19(14-20,18-10-6-7-11-21-18)13-16-12-17(16)15-8-4-3-5-9-15/h3-11,16-17H,12-13H2,1-2H3. The summed E-state index contributed by atoms with van der Waals surface area (Å²) in [6, 6.07) is 19.0. The molecule has 3 heteroatoms. The molecule has 0 spiro atoms. The maximum absolute atomic E-state index is 9.90. The summed E-state index contributed by atoms with van der Waals surface area (Å²) in [5.74, 6) is 1.13. The van der Waals surface area contributed by atoms with Crippen molar-refractivity contribution >= 4 is 0 Å². The smallest absolute Gasteiger partial charge is 0.151 e. The van der Waals surface area contributed by atoms with E-state index in [0.29, 0.717) is 11.8 Å². The van der Waals surface area contributed by atoms with Gasteiger partial charge in [0, 0.05) is 6.20 Å². The molecule has 0 N–H and O–H groups in total. The van der Waals surface area contributed by atoms with Crippen LogP contribution < -0.4 is 0 Å². The van der Waals surface area contributed by atoms with E-state index in [9.17, 15) is 5.26 Å². The summed E-state index contributed by atoms with van der Waals surface area (Å²) in [5, 5.41) is 9.90. The molecule has 112 valence electrons. The van der Waals surface area contributed by atoms with Gasteiger partial charge in [0.2, 0.25) is 0 Å². The van der Waals surface area contributed by atoms with Crippen molar-refractivity contribution < 1.29 is 0 Å². The average Bonchev–Trinajstić information content (AvgIpc) is 3.33.